The Balaban J connectivity index is 2.55. The zero-order chi connectivity index (χ0) is 13.5. The highest BCUT2D eigenvalue weighted by Crippen LogP contribution is 2.29. The third-order valence-electron chi connectivity index (χ3n) is 4.02. The fraction of sp³-hybridized carbons (Fsp3) is 0.875. The predicted octanol–water partition coefficient (Wildman–Crippen LogP) is 3.79. The molecule has 0 bridgehead atoms. The molecule has 1 N–H and O–H groups in total. The highest BCUT2D eigenvalue weighted by atomic mass is 16.5. The topological polar surface area (TPSA) is 29.5 Å². The smallest absolute Gasteiger partial charge is 0.0615 e. The quantitative estimate of drug-likeness (QED) is 0.756. The van der Waals surface area contributed by atoms with Crippen LogP contribution in [0.4, 0.5) is 0 Å². The van der Waals surface area contributed by atoms with Gasteiger partial charge in [-0.15, -0.1) is 0 Å². The molecule has 0 aromatic heterocycles. The van der Waals surface area contributed by atoms with E-state index in [4.69, 9.17) is 9.84 Å². The van der Waals surface area contributed by atoms with Crippen molar-refractivity contribution in [2.45, 2.75) is 59.5 Å². The molecule has 0 radical (unpaired) electrons. The first-order valence-corrected chi connectivity index (χ1v) is 7.41. The molecule has 0 saturated carbocycles. The van der Waals surface area contributed by atoms with Gasteiger partial charge in [0.25, 0.3) is 0 Å². The Kier molecular flexibility index (Phi) is 6.95. The van der Waals surface area contributed by atoms with Crippen molar-refractivity contribution in [1.29, 1.82) is 0 Å². The second-order valence-corrected chi connectivity index (χ2v) is 6.31. The largest absolute Gasteiger partial charge is 0.396 e. The third kappa shape index (κ3) is 5.53. The first-order valence-electron chi connectivity index (χ1n) is 7.41. The Labute approximate surface area is 112 Å². The summed E-state index contributed by atoms with van der Waals surface area (Å²) in [5.41, 5.74) is 1.46. The van der Waals surface area contributed by atoms with E-state index in [0.717, 1.165) is 18.3 Å². The van der Waals surface area contributed by atoms with Gasteiger partial charge in [0.05, 0.1) is 12.7 Å². The van der Waals surface area contributed by atoms with Crippen LogP contribution in [0.2, 0.25) is 0 Å². The van der Waals surface area contributed by atoms with Crippen LogP contribution in [0, 0.1) is 17.8 Å². The van der Waals surface area contributed by atoms with Crippen molar-refractivity contribution in [3.63, 3.8) is 0 Å². The molecule has 2 heteroatoms. The van der Waals surface area contributed by atoms with Gasteiger partial charge >= 0.3 is 0 Å². The maximum absolute atomic E-state index is 9.07. The summed E-state index contributed by atoms with van der Waals surface area (Å²) in [7, 11) is 0. The number of aliphatic hydroxyl groups is 1. The Hall–Kier alpha value is -0.340. The SMILES string of the molecule is CC1=CCC[C@@H](C(C)C)C[C@H](OCC(C)CO)C1. The van der Waals surface area contributed by atoms with Crippen LogP contribution in [-0.2, 0) is 4.74 Å². The molecule has 106 valence electrons. The van der Waals surface area contributed by atoms with Crippen molar-refractivity contribution in [3.05, 3.63) is 11.6 Å². The summed E-state index contributed by atoms with van der Waals surface area (Å²) in [6.07, 6.45) is 7.43. The van der Waals surface area contributed by atoms with E-state index in [9.17, 15) is 0 Å². The molecule has 0 fully saturated rings. The molecule has 2 nitrogen and oxygen atoms in total. The molecule has 0 heterocycles. The van der Waals surface area contributed by atoms with Gasteiger partial charge in [-0.2, -0.15) is 0 Å². The number of allylic oxidation sites excluding steroid dienone is 1. The summed E-state index contributed by atoms with van der Waals surface area (Å²) in [6, 6.07) is 0. The van der Waals surface area contributed by atoms with Gasteiger partial charge in [0.15, 0.2) is 0 Å². The van der Waals surface area contributed by atoms with Crippen LogP contribution in [0.1, 0.15) is 53.4 Å². The van der Waals surface area contributed by atoms with Crippen LogP contribution in [0.25, 0.3) is 0 Å². The van der Waals surface area contributed by atoms with Gasteiger partial charge in [-0.1, -0.05) is 32.4 Å². The van der Waals surface area contributed by atoms with E-state index < -0.39 is 0 Å². The maximum atomic E-state index is 9.07. The lowest BCUT2D eigenvalue weighted by Gasteiger charge is -2.29. The second-order valence-electron chi connectivity index (χ2n) is 6.31. The Bertz CT molecular complexity index is 258. The normalized spacial score (nSPS) is 27.6. The Morgan fingerprint density at radius 2 is 2.11 bits per heavy atom. The highest BCUT2D eigenvalue weighted by Gasteiger charge is 2.22. The Morgan fingerprint density at radius 1 is 1.39 bits per heavy atom. The standard InChI is InChI=1S/C16H30O2/c1-12(2)15-7-5-6-13(3)8-16(9-15)18-11-14(4)10-17/h6,12,14-17H,5,7-11H2,1-4H3/t14?,15-,16-/m1/s1. The van der Waals surface area contributed by atoms with Crippen molar-refractivity contribution in [2.75, 3.05) is 13.2 Å². The molecule has 0 aromatic carbocycles. The van der Waals surface area contributed by atoms with Crippen molar-refractivity contribution in [2.24, 2.45) is 17.8 Å². The van der Waals surface area contributed by atoms with E-state index >= 15 is 0 Å². The summed E-state index contributed by atoms with van der Waals surface area (Å²) < 4.78 is 6.02. The first kappa shape index (κ1) is 15.7. The van der Waals surface area contributed by atoms with Gasteiger partial charge in [-0.25, -0.2) is 0 Å². The lowest BCUT2D eigenvalue weighted by Crippen LogP contribution is -2.25. The van der Waals surface area contributed by atoms with E-state index in [0.29, 0.717) is 12.7 Å². The summed E-state index contributed by atoms with van der Waals surface area (Å²) in [4.78, 5) is 0. The number of ether oxygens (including phenoxy) is 1. The average molecular weight is 254 g/mol. The monoisotopic (exact) mass is 254 g/mol. The zero-order valence-corrected chi connectivity index (χ0v) is 12.5. The minimum absolute atomic E-state index is 0.217. The van der Waals surface area contributed by atoms with E-state index in [2.05, 4.69) is 26.8 Å². The number of aliphatic hydroxyl groups excluding tert-OH is 1. The lowest BCUT2D eigenvalue weighted by atomic mass is 9.83. The third-order valence-corrected chi connectivity index (χ3v) is 4.02. The molecule has 1 aliphatic carbocycles. The number of rotatable bonds is 5. The van der Waals surface area contributed by atoms with Crippen molar-refractivity contribution < 1.29 is 9.84 Å². The van der Waals surface area contributed by atoms with Crippen LogP contribution < -0.4 is 0 Å². The molecule has 1 unspecified atom stereocenters. The van der Waals surface area contributed by atoms with Gasteiger partial charge in [-0.05, 0) is 44.4 Å². The fourth-order valence-corrected chi connectivity index (χ4v) is 2.61. The Morgan fingerprint density at radius 3 is 2.72 bits per heavy atom. The predicted molar refractivity (Wildman–Crippen MR) is 76.5 cm³/mol. The number of hydrogen-bond donors (Lipinski definition) is 1. The summed E-state index contributed by atoms with van der Waals surface area (Å²) in [5.74, 6) is 1.75. The molecule has 1 aliphatic rings. The van der Waals surface area contributed by atoms with Gasteiger partial charge in [-0.3, -0.25) is 0 Å². The molecule has 0 amide bonds. The fourth-order valence-electron chi connectivity index (χ4n) is 2.61. The molecule has 0 aromatic rings. The van der Waals surface area contributed by atoms with Gasteiger partial charge in [0, 0.05) is 12.5 Å². The molecule has 18 heavy (non-hydrogen) atoms. The molecule has 0 saturated heterocycles. The molecule has 0 spiro atoms. The molecule has 0 aliphatic heterocycles. The van der Waals surface area contributed by atoms with E-state index in [-0.39, 0.29) is 12.5 Å². The minimum Gasteiger partial charge on any atom is -0.396 e. The highest BCUT2D eigenvalue weighted by molar-refractivity contribution is 5.02. The van der Waals surface area contributed by atoms with E-state index in [1.54, 1.807) is 0 Å². The van der Waals surface area contributed by atoms with Crippen LogP contribution in [0.3, 0.4) is 0 Å². The lowest BCUT2D eigenvalue weighted by molar-refractivity contribution is 0.00175. The first-order chi connectivity index (χ1) is 8.52. The molecule has 3 atom stereocenters. The van der Waals surface area contributed by atoms with Crippen LogP contribution in [0.5, 0.6) is 0 Å². The van der Waals surface area contributed by atoms with E-state index in [1.807, 2.05) is 6.92 Å². The van der Waals surface area contributed by atoms with Gasteiger partial charge in [0.2, 0.25) is 0 Å². The van der Waals surface area contributed by atoms with Crippen molar-refractivity contribution >= 4 is 0 Å². The number of hydrogen-bond acceptors (Lipinski definition) is 2. The molecular weight excluding hydrogens is 224 g/mol. The van der Waals surface area contributed by atoms with Gasteiger partial charge < -0.3 is 9.84 Å². The molecule has 1 rings (SSSR count). The summed E-state index contributed by atoms with van der Waals surface area (Å²) in [5, 5.41) is 9.07. The second kappa shape index (κ2) is 7.96. The van der Waals surface area contributed by atoms with Gasteiger partial charge in [0.1, 0.15) is 0 Å². The minimum atomic E-state index is 0.217. The summed E-state index contributed by atoms with van der Waals surface area (Å²) in [6.45, 7) is 9.77. The summed E-state index contributed by atoms with van der Waals surface area (Å²) >= 11 is 0. The van der Waals surface area contributed by atoms with Crippen LogP contribution in [-0.4, -0.2) is 24.4 Å². The van der Waals surface area contributed by atoms with E-state index in [1.165, 1.54) is 24.8 Å². The average Bonchev–Trinajstić information content (AvgIpc) is 2.30. The van der Waals surface area contributed by atoms with Crippen molar-refractivity contribution in [1.82, 2.24) is 0 Å². The van der Waals surface area contributed by atoms with Crippen LogP contribution >= 0.6 is 0 Å². The van der Waals surface area contributed by atoms with Crippen molar-refractivity contribution in [3.8, 4) is 0 Å². The van der Waals surface area contributed by atoms with Crippen LogP contribution in [0.15, 0.2) is 11.6 Å². The zero-order valence-electron chi connectivity index (χ0n) is 12.5. The molecular formula is C16H30O2. The maximum Gasteiger partial charge on any atom is 0.0615 e.